The average molecular weight is 296 g/mol. The molecule has 3 atom stereocenters. The van der Waals surface area contributed by atoms with E-state index in [9.17, 15) is 4.79 Å². The Hall–Kier alpha value is -1.22. The summed E-state index contributed by atoms with van der Waals surface area (Å²) in [6.07, 6.45) is 3.52. The van der Waals surface area contributed by atoms with Crippen molar-refractivity contribution in [1.29, 1.82) is 0 Å². The normalized spacial score (nSPS) is 26.1. The SMILES string of the molecule is C[C@H]1[C@H](C)CCC[C@@H]1NC(=O)COc1ccc(Cl)cc1. The number of amides is 1. The molecule has 0 aromatic heterocycles. The third kappa shape index (κ3) is 4.14. The molecule has 1 amide bonds. The molecule has 110 valence electrons. The van der Waals surface area contributed by atoms with E-state index in [-0.39, 0.29) is 18.6 Å². The van der Waals surface area contributed by atoms with Crippen LogP contribution in [-0.4, -0.2) is 18.6 Å². The van der Waals surface area contributed by atoms with E-state index in [4.69, 9.17) is 16.3 Å². The molecular formula is C16H22ClNO2. The number of hydrogen-bond donors (Lipinski definition) is 1. The molecule has 0 radical (unpaired) electrons. The topological polar surface area (TPSA) is 38.3 Å². The van der Waals surface area contributed by atoms with Crippen molar-refractivity contribution in [1.82, 2.24) is 5.32 Å². The van der Waals surface area contributed by atoms with Crippen molar-refractivity contribution in [2.75, 3.05) is 6.61 Å². The van der Waals surface area contributed by atoms with E-state index in [0.717, 1.165) is 6.42 Å². The second-order valence-corrected chi connectivity index (χ2v) is 6.12. The van der Waals surface area contributed by atoms with Crippen molar-refractivity contribution >= 4 is 17.5 Å². The Morgan fingerprint density at radius 1 is 1.30 bits per heavy atom. The first-order valence-electron chi connectivity index (χ1n) is 7.24. The molecule has 0 aliphatic heterocycles. The molecule has 1 saturated carbocycles. The summed E-state index contributed by atoms with van der Waals surface area (Å²) in [5.41, 5.74) is 0. The maximum atomic E-state index is 11.9. The number of rotatable bonds is 4. The Bertz CT molecular complexity index is 446. The van der Waals surface area contributed by atoms with Crippen LogP contribution >= 0.6 is 11.6 Å². The summed E-state index contributed by atoms with van der Waals surface area (Å²) in [6, 6.07) is 7.31. The summed E-state index contributed by atoms with van der Waals surface area (Å²) in [5, 5.41) is 3.75. The zero-order valence-electron chi connectivity index (χ0n) is 12.1. The molecule has 4 heteroatoms. The zero-order chi connectivity index (χ0) is 14.5. The van der Waals surface area contributed by atoms with Gasteiger partial charge in [0.1, 0.15) is 5.75 Å². The summed E-state index contributed by atoms with van der Waals surface area (Å²) in [7, 11) is 0. The Kier molecular flexibility index (Phi) is 5.30. The number of benzene rings is 1. The van der Waals surface area contributed by atoms with Crippen molar-refractivity contribution in [3.05, 3.63) is 29.3 Å². The molecule has 1 N–H and O–H groups in total. The number of ether oxygens (including phenoxy) is 1. The molecule has 1 fully saturated rings. The lowest BCUT2D eigenvalue weighted by Crippen LogP contribution is -2.45. The first kappa shape index (κ1) is 15.2. The molecule has 0 unspecified atom stereocenters. The molecule has 1 aromatic carbocycles. The summed E-state index contributed by atoms with van der Waals surface area (Å²) in [6.45, 7) is 4.53. The summed E-state index contributed by atoms with van der Waals surface area (Å²) < 4.78 is 5.46. The van der Waals surface area contributed by atoms with Gasteiger partial charge in [0.2, 0.25) is 0 Å². The minimum absolute atomic E-state index is 0.0501. The highest BCUT2D eigenvalue weighted by Gasteiger charge is 2.28. The number of nitrogens with one attached hydrogen (secondary N) is 1. The third-order valence-corrected chi connectivity index (χ3v) is 4.49. The van der Waals surface area contributed by atoms with Gasteiger partial charge in [0.15, 0.2) is 6.61 Å². The molecule has 1 aliphatic carbocycles. The summed E-state index contributed by atoms with van der Waals surface area (Å²) >= 11 is 5.80. The molecule has 0 heterocycles. The summed E-state index contributed by atoms with van der Waals surface area (Å²) in [4.78, 5) is 11.9. The molecule has 1 aliphatic rings. The fourth-order valence-corrected chi connectivity index (χ4v) is 2.84. The van der Waals surface area contributed by atoms with Gasteiger partial charge in [-0.1, -0.05) is 38.3 Å². The predicted molar refractivity (Wildman–Crippen MR) is 81.1 cm³/mol. The van der Waals surface area contributed by atoms with Gasteiger partial charge in [0.25, 0.3) is 5.91 Å². The van der Waals surface area contributed by atoms with Gasteiger partial charge in [0, 0.05) is 11.1 Å². The highest BCUT2D eigenvalue weighted by molar-refractivity contribution is 6.30. The second-order valence-electron chi connectivity index (χ2n) is 5.68. The molecule has 20 heavy (non-hydrogen) atoms. The van der Waals surface area contributed by atoms with Crippen LogP contribution in [0.2, 0.25) is 5.02 Å². The van der Waals surface area contributed by atoms with Crippen LogP contribution in [0.5, 0.6) is 5.75 Å². The lowest BCUT2D eigenvalue weighted by Gasteiger charge is -2.34. The van der Waals surface area contributed by atoms with E-state index < -0.39 is 0 Å². The van der Waals surface area contributed by atoms with Gasteiger partial charge in [-0.15, -0.1) is 0 Å². The van der Waals surface area contributed by atoms with E-state index >= 15 is 0 Å². The zero-order valence-corrected chi connectivity index (χ0v) is 12.8. The first-order valence-corrected chi connectivity index (χ1v) is 7.62. The number of hydrogen-bond acceptors (Lipinski definition) is 2. The molecule has 3 nitrogen and oxygen atoms in total. The molecule has 0 spiro atoms. The van der Waals surface area contributed by atoms with Crippen LogP contribution in [0.25, 0.3) is 0 Å². The van der Waals surface area contributed by atoms with Crippen molar-refractivity contribution < 1.29 is 9.53 Å². The highest BCUT2D eigenvalue weighted by atomic mass is 35.5. The first-order chi connectivity index (χ1) is 9.56. The lowest BCUT2D eigenvalue weighted by molar-refractivity contribution is -0.124. The lowest BCUT2D eigenvalue weighted by atomic mass is 9.78. The van der Waals surface area contributed by atoms with Gasteiger partial charge < -0.3 is 10.1 Å². The van der Waals surface area contributed by atoms with Gasteiger partial charge in [-0.2, -0.15) is 0 Å². The smallest absolute Gasteiger partial charge is 0.258 e. The van der Waals surface area contributed by atoms with E-state index in [1.165, 1.54) is 12.8 Å². The maximum Gasteiger partial charge on any atom is 0.258 e. The molecular weight excluding hydrogens is 274 g/mol. The van der Waals surface area contributed by atoms with Crippen molar-refractivity contribution in [3.63, 3.8) is 0 Å². The van der Waals surface area contributed by atoms with E-state index in [1.807, 2.05) is 0 Å². The van der Waals surface area contributed by atoms with Crippen LogP contribution in [0.15, 0.2) is 24.3 Å². The van der Waals surface area contributed by atoms with Crippen molar-refractivity contribution in [2.45, 2.75) is 39.2 Å². The van der Waals surface area contributed by atoms with Gasteiger partial charge in [-0.25, -0.2) is 0 Å². The van der Waals surface area contributed by atoms with Gasteiger partial charge in [-0.3, -0.25) is 4.79 Å². The van der Waals surface area contributed by atoms with Crippen LogP contribution in [0.3, 0.4) is 0 Å². The van der Waals surface area contributed by atoms with Gasteiger partial charge in [-0.05, 0) is 42.5 Å². The van der Waals surface area contributed by atoms with Crippen molar-refractivity contribution in [3.8, 4) is 5.75 Å². The van der Waals surface area contributed by atoms with E-state index in [1.54, 1.807) is 24.3 Å². The Labute approximate surface area is 125 Å². The number of carbonyl (C=O) groups is 1. The third-order valence-electron chi connectivity index (χ3n) is 4.24. The van der Waals surface area contributed by atoms with E-state index in [0.29, 0.717) is 22.6 Å². The fourth-order valence-electron chi connectivity index (χ4n) is 2.71. The minimum atomic E-state index is -0.0501. The second kappa shape index (κ2) is 6.98. The largest absolute Gasteiger partial charge is 0.484 e. The predicted octanol–water partition coefficient (Wildman–Crippen LogP) is 3.66. The minimum Gasteiger partial charge on any atom is -0.484 e. The average Bonchev–Trinajstić information content (AvgIpc) is 2.43. The summed E-state index contributed by atoms with van der Waals surface area (Å²) in [5.74, 6) is 1.81. The molecule has 0 bridgehead atoms. The van der Waals surface area contributed by atoms with Crippen LogP contribution < -0.4 is 10.1 Å². The Balaban J connectivity index is 1.79. The molecule has 0 saturated heterocycles. The molecule has 1 aromatic rings. The van der Waals surface area contributed by atoms with Crippen LogP contribution in [0, 0.1) is 11.8 Å². The highest BCUT2D eigenvalue weighted by Crippen LogP contribution is 2.29. The van der Waals surface area contributed by atoms with Gasteiger partial charge in [0.05, 0.1) is 0 Å². The quantitative estimate of drug-likeness (QED) is 0.920. The van der Waals surface area contributed by atoms with Gasteiger partial charge >= 0.3 is 0 Å². The monoisotopic (exact) mass is 295 g/mol. The Morgan fingerprint density at radius 2 is 2.00 bits per heavy atom. The molecule has 2 rings (SSSR count). The van der Waals surface area contributed by atoms with Crippen LogP contribution in [-0.2, 0) is 4.79 Å². The van der Waals surface area contributed by atoms with Crippen LogP contribution in [0.1, 0.15) is 33.1 Å². The Morgan fingerprint density at radius 3 is 2.70 bits per heavy atom. The number of carbonyl (C=O) groups excluding carboxylic acids is 1. The van der Waals surface area contributed by atoms with E-state index in [2.05, 4.69) is 19.2 Å². The fraction of sp³-hybridized carbons (Fsp3) is 0.562. The van der Waals surface area contributed by atoms with Crippen LogP contribution in [0.4, 0.5) is 0 Å². The standard InChI is InChI=1S/C16H22ClNO2/c1-11-4-3-5-15(12(11)2)18-16(19)10-20-14-8-6-13(17)7-9-14/h6-9,11-12,15H,3-5,10H2,1-2H3,(H,18,19)/t11-,12+,15+/m1/s1. The van der Waals surface area contributed by atoms with Crippen molar-refractivity contribution in [2.24, 2.45) is 11.8 Å². The number of halogens is 1. The maximum absolute atomic E-state index is 11.9.